The molecule has 5 rings (SSSR count). The zero-order valence-corrected chi connectivity index (χ0v) is 31.3. The number of rotatable bonds is 22. The van der Waals surface area contributed by atoms with Crippen molar-refractivity contribution in [1.29, 1.82) is 0 Å². The van der Waals surface area contributed by atoms with Crippen LogP contribution in [0.2, 0.25) is 0 Å². The first-order valence-electron chi connectivity index (χ1n) is 19.8. The van der Waals surface area contributed by atoms with Crippen molar-refractivity contribution in [3.8, 4) is 22.5 Å². The van der Waals surface area contributed by atoms with Gasteiger partial charge in [-0.25, -0.2) is 19.6 Å². The lowest BCUT2D eigenvalue weighted by Crippen LogP contribution is -2.10. The summed E-state index contributed by atoms with van der Waals surface area (Å²) >= 11 is 0. The molecule has 3 aromatic carbocycles. The fourth-order valence-electron chi connectivity index (χ4n) is 6.76. The lowest BCUT2D eigenvalue weighted by Gasteiger charge is -2.14. The zero-order chi connectivity index (χ0) is 36.4. The van der Waals surface area contributed by atoms with Gasteiger partial charge in [-0.05, 0) is 37.1 Å². The molecule has 0 saturated carbocycles. The van der Waals surface area contributed by atoms with Gasteiger partial charge in [0.15, 0.2) is 0 Å². The Morgan fingerprint density at radius 1 is 0.462 bits per heavy atom. The van der Waals surface area contributed by atoms with E-state index in [4.69, 9.17) is 19.4 Å². The van der Waals surface area contributed by atoms with Crippen molar-refractivity contribution in [3.63, 3.8) is 0 Å². The number of carbonyl (C=O) groups is 2. The summed E-state index contributed by atoms with van der Waals surface area (Å²) in [4.78, 5) is 37.6. The third-order valence-electron chi connectivity index (χ3n) is 9.78. The van der Waals surface area contributed by atoms with Gasteiger partial charge >= 0.3 is 11.9 Å². The highest BCUT2D eigenvalue weighted by molar-refractivity contribution is 6.12. The van der Waals surface area contributed by atoms with Gasteiger partial charge < -0.3 is 9.47 Å². The molecule has 2 aromatic heterocycles. The molecule has 0 radical (unpaired) electrons. The molecule has 6 heteroatoms. The summed E-state index contributed by atoms with van der Waals surface area (Å²) in [6.07, 6.45) is 18.7. The molecule has 5 aromatic rings. The number of nitrogens with zero attached hydrogens (tertiary/aromatic N) is 2. The monoisotopic (exact) mass is 700 g/mol. The van der Waals surface area contributed by atoms with Gasteiger partial charge in [0.2, 0.25) is 0 Å². The largest absolute Gasteiger partial charge is 0.462 e. The highest BCUT2D eigenvalue weighted by atomic mass is 16.5. The smallest absolute Gasteiger partial charge is 0.338 e. The van der Waals surface area contributed by atoms with Crippen molar-refractivity contribution < 1.29 is 19.1 Å². The lowest BCUT2D eigenvalue weighted by atomic mass is 9.99. The third-order valence-corrected chi connectivity index (χ3v) is 9.78. The Morgan fingerprint density at radius 3 is 1.21 bits per heavy atom. The van der Waals surface area contributed by atoms with Crippen LogP contribution in [0.15, 0.2) is 84.9 Å². The molecule has 0 fully saturated rings. The predicted octanol–water partition coefficient (Wildman–Crippen LogP) is 12.7. The van der Waals surface area contributed by atoms with Crippen molar-refractivity contribution in [2.24, 2.45) is 0 Å². The van der Waals surface area contributed by atoms with Crippen LogP contribution in [0.4, 0.5) is 0 Å². The van der Waals surface area contributed by atoms with Gasteiger partial charge in [-0.1, -0.05) is 164 Å². The Labute approximate surface area is 310 Å². The Hall–Kier alpha value is -4.58. The molecule has 0 saturated heterocycles. The van der Waals surface area contributed by atoms with E-state index in [9.17, 15) is 9.59 Å². The molecule has 52 heavy (non-hydrogen) atoms. The highest BCUT2D eigenvalue weighted by Gasteiger charge is 2.21. The van der Waals surface area contributed by atoms with Crippen molar-refractivity contribution in [1.82, 2.24) is 9.97 Å². The second-order valence-electron chi connectivity index (χ2n) is 14.0. The molecule has 0 aliphatic carbocycles. The van der Waals surface area contributed by atoms with Crippen LogP contribution in [-0.4, -0.2) is 35.1 Å². The number of hydrogen-bond donors (Lipinski definition) is 0. The van der Waals surface area contributed by atoms with Crippen molar-refractivity contribution in [2.45, 2.75) is 117 Å². The average molecular weight is 701 g/mol. The molecular formula is C46H56N2O4. The molecule has 0 atom stereocenters. The maximum absolute atomic E-state index is 13.8. The Bertz CT molecular complexity index is 1720. The molecule has 0 spiro atoms. The van der Waals surface area contributed by atoms with E-state index in [0.29, 0.717) is 57.5 Å². The van der Waals surface area contributed by atoms with E-state index in [0.717, 1.165) is 49.7 Å². The van der Waals surface area contributed by atoms with Crippen molar-refractivity contribution in [2.75, 3.05) is 13.2 Å². The molecule has 0 aliphatic heterocycles. The number of esters is 2. The zero-order valence-electron chi connectivity index (χ0n) is 31.3. The summed E-state index contributed by atoms with van der Waals surface area (Å²) in [5.41, 5.74) is 5.24. The van der Waals surface area contributed by atoms with Crippen LogP contribution >= 0.6 is 0 Å². The second-order valence-corrected chi connectivity index (χ2v) is 14.0. The third kappa shape index (κ3) is 11.2. The second kappa shape index (κ2) is 21.1. The fourth-order valence-corrected chi connectivity index (χ4v) is 6.76. The van der Waals surface area contributed by atoms with Gasteiger partial charge in [0.05, 0.1) is 46.8 Å². The molecule has 0 amide bonds. The summed E-state index contributed by atoms with van der Waals surface area (Å²) in [5, 5.41) is 1.25. The van der Waals surface area contributed by atoms with E-state index in [-0.39, 0.29) is 11.9 Å². The van der Waals surface area contributed by atoms with Crippen LogP contribution < -0.4 is 0 Å². The van der Waals surface area contributed by atoms with Gasteiger partial charge in [0.25, 0.3) is 0 Å². The minimum atomic E-state index is -0.389. The van der Waals surface area contributed by atoms with E-state index in [1.165, 1.54) is 64.2 Å². The van der Waals surface area contributed by atoms with Crippen LogP contribution in [0.1, 0.15) is 137 Å². The summed E-state index contributed by atoms with van der Waals surface area (Å²) < 4.78 is 11.8. The topological polar surface area (TPSA) is 78.4 Å². The first-order valence-corrected chi connectivity index (χ1v) is 19.8. The summed E-state index contributed by atoms with van der Waals surface area (Å²) in [6.45, 7) is 5.20. The van der Waals surface area contributed by atoms with E-state index >= 15 is 0 Å². The number of fused-ring (bicyclic) bond motifs is 2. The van der Waals surface area contributed by atoms with Gasteiger partial charge in [-0.2, -0.15) is 0 Å². The summed E-state index contributed by atoms with van der Waals surface area (Å²) in [5.74, 6) is -0.779. The van der Waals surface area contributed by atoms with Gasteiger partial charge in [-0.3, -0.25) is 0 Å². The highest BCUT2D eigenvalue weighted by Crippen LogP contribution is 2.32. The standard InChI is InChI=1S/C46H56N2O4/c1-3-5-7-9-11-13-15-23-29-51-45(49)39-32-41(35-25-19-17-20-26-35)47-43-34-44-38(31-37(39)43)40(33-42(48-44)36-27-21-18-22-28-36)46(50)52-30-24-16-14-12-10-8-6-4-2/h17-22,25-28,31-34H,3-16,23-24,29-30H2,1-2H3. The number of aromatic nitrogens is 2. The summed E-state index contributed by atoms with van der Waals surface area (Å²) in [6, 6.07) is 27.1. The van der Waals surface area contributed by atoms with Crippen LogP contribution in [0.3, 0.4) is 0 Å². The number of benzene rings is 3. The molecule has 2 heterocycles. The van der Waals surface area contributed by atoms with Gasteiger partial charge in [0, 0.05) is 21.9 Å². The molecular weight excluding hydrogens is 645 g/mol. The maximum atomic E-state index is 13.8. The van der Waals surface area contributed by atoms with E-state index < -0.39 is 0 Å². The molecule has 0 bridgehead atoms. The molecule has 0 N–H and O–H groups in total. The van der Waals surface area contributed by atoms with E-state index in [1.807, 2.05) is 84.9 Å². The average Bonchev–Trinajstić information content (AvgIpc) is 3.18. The lowest BCUT2D eigenvalue weighted by molar-refractivity contribution is 0.0491. The van der Waals surface area contributed by atoms with Crippen molar-refractivity contribution in [3.05, 3.63) is 96.1 Å². The molecule has 0 unspecified atom stereocenters. The van der Waals surface area contributed by atoms with E-state index in [2.05, 4.69) is 13.8 Å². The Morgan fingerprint density at radius 2 is 0.827 bits per heavy atom. The fraction of sp³-hybridized carbons (Fsp3) is 0.435. The number of unbranched alkanes of at least 4 members (excludes halogenated alkanes) is 14. The van der Waals surface area contributed by atoms with Crippen LogP contribution in [-0.2, 0) is 9.47 Å². The quantitative estimate of drug-likeness (QED) is 0.0406. The molecule has 274 valence electrons. The number of ether oxygens (including phenoxy) is 2. The van der Waals surface area contributed by atoms with Crippen LogP contribution in [0.25, 0.3) is 44.3 Å². The molecule has 0 aliphatic rings. The number of hydrogen-bond acceptors (Lipinski definition) is 6. The van der Waals surface area contributed by atoms with E-state index in [1.54, 1.807) is 0 Å². The minimum Gasteiger partial charge on any atom is -0.462 e. The Balaban J connectivity index is 1.42. The predicted molar refractivity (Wildman–Crippen MR) is 214 cm³/mol. The van der Waals surface area contributed by atoms with Crippen LogP contribution in [0.5, 0.6) is 0 Å². The maximum Gasteiger partial charge on any atom is 0.338 e. The minimum absolute atomic E-state index is 0.365. The number of carbonyl (C=O) groups excluding carboxylic acids is 2. The molecule has 6 nitrogen and oxygen atoms in total. The van der Waals surface area contributed by atoms with Gasteiger partial charge in [0.1, 0.15) is 0 Å². The SMILES string of the molecule is CCCCCCCCCCOC(=O)c1cc(-c2ccccc2)nc2cc3nc(-c4ccccc4)cc(C(=O)OCCCCCCCCCC)c3cc12. The van der Waals surface area contributed by atoms with Crippen LogP contribution in [0, 0.1) is 0 Å². The normalized spacial score (nSPS) is 11.3. The summed E-state index contributed by atoms with van der Waals surface area (Å²) in [7, 11) is 0. The first-order chi connectivity index (χ1) is 25.6. The van der Waals surface area contributed by atoms with Crippen molar-refractivity contribution >= 4 is 33.7 Å². The van der Waals surface area contributed by atoms with Gasteiger partial charge in [-0.15, -0.1) is 0 Å². The number of pyridine rings is 2. The first kappa shape index (κ1) is 38.6. The Kier molecular flexibility index (Phi) is 15.7.